The summed E-state index contributed by atoms with van der Waals surface area (Å²) in [6.07, 6.45) is 2.30. The Hall–Kier alpha value is -2.49. The molecule has 0 bridgehead atoms. The Morgan fingerprint density at radius 2 is 2.17 bits per heavy atom. The second kappa shape index (κ2) is 6.95. The maximum atomic E-state index is 11.1. The number of carbonyl (C=O) groups is 2. The molecule has 0 saturated heterocycles. The number of nitrogens with one attached hydrogen (secondary N) is 2. The number of pyridine rings is 1. The van der Waals surface area contributed by atoms with Gasteiger partial charge in [0, 0.05) is 28.6 Å². The third kappa shape index (κ3) is 3.37. The molecule has 122 valence electrons. The van der Waals surface area contributed by atoms with Gasteiger partial charge in [-0.1, -0.05) is 6.07 Å². The standard InChI is InChI=1S/C16H14IN5O2/c1-10(24)19-8-11-2-3-14-13(6-11)16(20-9-23)21-22(14)15-7-12(17)4-5-18-15/h2-7,9H,8H2,1H3,(H,19,24)(H,20,21,23). The molecule has 2 amide bonds. The molecular formula is C16H14IN5O2. The van der Waals surface area contributed by atoms with Gasteiger partial charge in [-0.15, -0.1) is 5.10 Å². The summed E-state index contributed by atoms with van der Waals surface area (Å²) < 4.78 is 2.72. The molecule has 2 heterocycles. The van der Waals surface area contributed by atoms with E-state index >= 15 is 0 Å². The van der Waals surface area contributed by atoms with Gasteiger partial charge in [-0.25, -0.2) is 9.67 Å². The van der Waals surface area contributed by atoms with Gasteiger partial charge in [-0.2, -0.15) is 0 Å². The van der Waals surface area contributed by atoms with Gasteiger partial charge >= 0.3 is 0 Å². The smallest absolute Gasteiger partial charge is 0.217 e. The zero-order valence-corrected chi connectivity index (χ0v) is 14.9. The monoisotopic (exact) mass is 435 g/mol. The van der Waals surface area contributed by atoms with Gasteiger partial charge in [-0.3, -0.25) is 9.59 Å². The lowest BCUT2D eigenvalue weighted by Crippen LogP contribution is -2.18. The van der Waals surface area contributed by atoms with E-state index in [2.05, 4.69) is 43.3 Å². The number of nitrogens with zero attached hydrogens (tertiary/aromatic N) is 3. The highest BCUT2D eigenvalue weighted by Gasteiger charge is 2.13. The minimum atomic E-state index is -0.0971. The number of rotatable bonds is 5. The third-order valence-electron chi connectivity index (χ3n) is 3.41. The third-order valence-corrected chi connectivity index (χ3v) is 4.08. The lowest BCUT2D eigenvalue weighted by Gasteiger charge is -2.05. The van der Waals surface area contributed by atoms with Gasteiger partial charge in [0.2, 0.25) is 12.3 Å². The van der Waals surface area contributed by atoms with Gasteiger partial charge < -0.3 is 10.6 Å². The quantitative estimate of drug-likeness (QED) is 0.475. The van der Waals surface area contributed by atoms with Crippen LogP contribution < -0.4 is 10.6 Å². The molecule has 7 nitrogen and oxygen atoms in total. The van der Waals surface area contributed by atoms with Crippen LogP contribution >= 0.6 is 22.6 Å². The summed E-state index contributed by atoms with van der Waals surface area (Å²) in [6, 6.07) is 9.51. The number of halogens is 1. The van der Waals surface area contributed by atoms with Crippen LogP contribution in [0.2, 0.25) is 0 Å². The van der Waals surface area contributed by atoms with E-state index in [1.165, 1.54) is 6.92 Å². The minimum Gasteiger partial charge on any atom is -0.352 e. The van der Waals surface area contributed by atoms with E-state index in [1.807, 2.05) is 30.3 Å². The Bertz CT molecular complexity index is 922. The molecule has 0 aliphatic heterocycles. The van der Waals surface area contributed by atoms with Crippen molar-refractivity contribution in [1.29, 1.82) is 0 Å². The van der Waals surface area contributed by atoms with Gasteiger partial charge in [0.25, 0.3) is 0 Å². The molecule has 2 aromatic heterocycles. The van der Waals surface area contributed by atoms with Crippen molar-refractivity contribution in [2.24, 2.45) is 0 Å². The first-order chi connectivity index (χ1) is 11.6. The fourth-order valence-corrected chi connectivity index (χ4v) is 2.79. The number of carbonyl (C=O) groups excluding carboxylic acids is 2. The Balaban J connectivity index is 2.11. The molecule has 0 aliphatic rings. The summed E-state index contributed by atoms with van der Waals surface area (Å²) in [5, 5.41) is 10.6. The molecule has 24 heavy (non-hydrogen) atoms. The van der Waals surface area contributed by atoms with Gasteiger partial charge in [-0.05, 0) is 52.4 Å². The average molecular weight is 435 g/mol. The van der Waals surface area contributed by atoms with Crippen molar-refractivity contribution >= 4 is 51.6 Å². The number of benzene rings is 1. The SMILES string of the molecule is CC(=O)NCc1ccc2c(c1)c(NC=O)nn2-c1cc(I)ccn1. The number of hydrogen-bond donors (Lipinski definition) is 2. The van der Waals surface area contributed by atoms with Crippen LogP contribution in [0.1, 0.15) is 12.5 Å². The number of fused-ring (bicyclic) bond motifs is 1. The fraction of sp³-hybridized carbons (Fsp3) is 0.125. The van der Waals surface area contributed by atoms with Gasteiger partial charge in [0.05, 0.1) is 5.52 Å². The molecule has 0 saturated carbocycles. The normalized spacial score (nSPS) is 10.6. The molecule has 0 fully saturated rings. The number of anilines is 1. The van der Waals surface area contributed by atoms with Crippen LogP contribution in [0.3, 0.4) is 0 Å². The first-order valence-corrected chi connectivity index (χ1v) is 8.24. The zero-order chi connectivity index (χ0) is 17.1. The van der Waals surface area contributed by atoms with Crippen molar-refractivity contribution in [2.75, 3.05) is 5.32 Å². The predicted molar refractivity (Wildman–Crippen MR) is 98.8 cm³/mol. The highest BCUT2D eigenvalue weighted by molar-refractivity contribution is 14.1. The predicted octanol–water partition coefficient (Wildman–Crippen LogP) is 2.23. The Labute approximate surface area is 151 Å². The summed E-state index contributed by atoms with van der Waals surface area (Å²) in [5.74, 6) is 1.02. The van der Waals surface area contributed by atoms with E-state index < -0.39 is 0 Å². The molecule has 1 aromatic carbocycles. The fourth-order valence-electron chi connectivity index (χ4n) is 2.35. The minimum absolute atomic E-state index is 0.0971. The topological polar surface area (TPSA) is 88.9 Å². The highest BCUT2D eigenvalue weighted by atomic mass is 127. The molecular weight excluding hydrogens is 421 g/mol. The van der Waals surface area contributed by atoms with E-state index in [4.69, 9.17) is 0 Å². The number of aromatic nitrogens is 3. The van der Waals surface area contributed by atoms with Crippen LogP contribution in [0.25, 0.3) is 16.7 Å². The van der Waals surface area contributed by atoms with Gasteiger partial charge in [0.1, 0.15) is 0 Å². The second-order valence-electron chi connectivity index (χ2n) is 5.12. The first kappa shape index (κ1) is 16.4. The Morgan fingerprint density at radius 1 is 1.33 bits per heavy atom. The van der Waals surface area contributed by atoms with E-state index in [1.54, 1.807) is 10.9 Å². The number of hydrogen-bond acceptors (Lipinski definition) is 4. The molecule has 0 radical (unpaired) electrons. The van der Waals surface area contributed by atoms with Crippen molar-refractivity contribution in [3.8, 4) is 5.82 Å². The van der Waals surface area contributed by atoms with Crippen molar-refractivity contribution in [1.82, 2.24) is 20.1 Å². The van der Waals surface area contributed by atoms with E-state index in [0.29, 0.717) is 24.6 Å². The maximum Gasteiger partial charge on any atom is 0.217 e. The second-order valence-corrected chi connectivity index (χ2v) is 6.36. The van der Waals surface area contributed by atoms with E-state index in [9.17, 15) is 9.59 Å². The zero-order valence-electron chi connectivity index (χ0n) is 12.8. The van der Waals surface area contributed by atoms with Crippen LogP contribution in [0.5, 0.6) is 0 Å². The lowest BCUT2D eigenvalue weighted by atomic mass is 10.1. The molecule has 8 heteroatoms. The molecule has 3 rings (SSSR count). The van der Waals surface area contributed by atoms with E-state index in [-0.39, 0.29) is 5.91 Å². The first-order valence-electron chi connectivity index (χ1n) is 7.16. The van der Waals surface area contributed by atoms with Crippen LogP contribution in [0.15, 0.2) is 36.5 Å². The van der Waals surface area contributed by atoms with Crippen LogP contribution in [0.4, 0.5) is 5.82 Å². The lowest BCUT2D eigenvalue weighted by molar-refractivity contribution is -0.119. The molecule has 0 unspecified atom stereocenters. The maximum absolute atomic E-state index is 11.1. The molecule has 0 atom stereocenters. The van der Waals surface area contributed by atoms with Crippen LogP contribution in [0, 0.1) is 3.57 Å². The molecule has 0 aliphatic carbocycles. The average Bonchev–Trinajstić information content (AvgIpc) is 2.91. The molecule has 0 spiro atoms. The summed E-state index contributed by atoms with van der Waals surface area (Å²) in [6.45, 7) is 1.89. The van der Waals surface area contributed by atoms with Crippen molar-refractivity contribution in [2.45, 2.75) is 13.5 Å². The largest absolute Gasteiger partial charge is 0.352 e. The van der Waals surface area contributed by atoms with Crippen molar-refractivity contribution < 1.29 is 9.59 Å². The summed E-state index contributed by atoms with van der Waals surface area (Å²) in [4.78, 5) is 26.3. The van der Waals surface area contributed by atoms with Crippen LogP contribution in [-0.2, 0) is 16.1 Å². The molecule has 2 N–H and O–H groups in total. The van der Waals surface area contributed by atoms with Crippen molar-refractivity contribution in [3.05, 3.63) is 45.7 Å². The Kier molecular flexibility index (Phi) is 4.74. The van der Waals surface area contributed by atoms with E-state index in [0.717, 1.165) is 20.0 Å². The summed E-state index contributed by atoms with van der Waals surface area (Å²) in [7, 11) is 0. The number of amides is 2. The molecule has 3 aromatic rings. The Morgan fingerprint density at radius 3 is 2.88 bits per heavy atom. The van der Waals surface area contributed by atoms with Gasteiger partial charge in [0.15, 0.2) is 11.6 Å². The van der Waals surface area contributed by atoms with Crippen molar-refractivity contribution in [3.63, 3.8) is 0 Å². The highest BCUT2D eigenvalue weighted by Crippen LogP contribution is 2.26. The van der Waals surface area contributed by atoms with Crippen LogP contribution in [-0.4, -0.2) is 27.1 Å². The summed E-state index contributed by atoms with van der Waals surface area (Å²) in [5.41, 5.74) is 1.74. The summed E-state index contributed by atoms with van der Waals surface area (Å²) >= 11 is 2.21.